The van der Waals surface area contributed by atoms with Crippen LogP contribution in [0.4, 0.5) is 0 Å². The first-order valence-corrected chi connectivity index (χ1v) is 9.90. The lowest BCUT2D eigenvalue weighted by Crippen LogP contribution is -2.23. The highest BCUT2D eigenvalue weighted by molar-refractivity contribution is 5.89. The van der Waals surface area contributed by atoms with E-state index in [2.05, 4.69) is 0 Å². The van der Waals surface area contributed by atoms with E-state index >= 15 is 0 Å². The van der Waals surface area contributed by atoms with Crippen molar-refractivity contribution in [3.8, 4) is 22.8 Å². The molecule has 0 unspecified atom stereocenters. The molecule has 0 spiro atoms. The van der Waals surface area contributed by atoms with Gasteiger partial charge in [-0.05, 0) is 36.6 Å². The van der Waals surface area contributed by atoms with Gasteiger partial charge in [0.05, 0.1) is 19.4 Å². The van der Waals surface area contributed by atoms with Gasteiger partial charge in [-0.15, -0.1) is 0 Å². The molecular weight excluding hydrogens is 382 g/mol. The summed E-state index contributed by atoms with van der Waals surface area (Å²) in [6, 6.07) is 15.3. The van der Waals surface area contributed by atoms with Crippen molar-refractivity contribution in [1.29, 1.82) is 0 Å². The van der Waals surface area contributed by atoms with E-state index in [9.17, 15) is 9.59 Å². The summed E-state index contributed by atoms with van der Waals surface area (Å²) in [6.07, 6.45) is 2.34. The molecular formula is C24H23NO5. The molecule has 30 heavy (non-hydrogen) atoms. The molecule has 0 saturated heterocycles. The highest BCUT2D eigenvalue weighted by Crippen LogP contribution is 2.38. The van der Waals surface area contributed by atoms with Crippen LogP contribution in [0.25, 0.3) is 11.3 Å². The molecule has 0 bridgehead atoms. The maximum atomic E-state index is 12.5. The van der Waals surface area contributed by atoms with Crippen molar-refractivity contribution in [3.63, 3.8) is 0 Å². The van der Waals surface area contributed by atoms with Crippen molar-refractivity contribution < 1.29 is 19.0 Å². The Balaban J connectivity index is 1.69. The van der Waals surface area contributed by atoms with E-state index in [1.165, 1.54) is 6.07 Å². The fourth-order valence-corrected chi connectivity index (χ4v) is 3.65. The lowest BCUT2D eigenvalue weighted by atomic mass is 9.96. The van der Waals surface area contributed by atoms with Crippen LogP contribution in [0.5, 0.6) is 11.5 Å². The second kappa shape index (κ2) is 8.45. The number of nitrogens with zero attached hydrogens (tertiary/aromatic N) is 1. The number of methoxy groups -OCH3 is 1. The SMILES string of the molecule is CCOC(=O)c1cn2c(cc1=O)-c1cc(OC)c(OCc3ccccc3)cc1CC2. The Hall–Kier alpha value is -3.54. The Kier molecular flexibility index (Phi) is 5.57. The van der Waals surface area contributed by atoms with Crippen LogP contribution in [0.1, 0.15) is 28.4 Å². The number of carbonyl (C=O) groups excluding carboxylic acids is 1. The zero-order valence-corrected chi connectivity index (χ0v) is 17.0. The Labute approximate surface area is 174 Å². The highest BCUT2D eigenvalue weighted by Gasteiger charge is 2.22. The van der Waals surface area contributed by atoms with Crippen molar-refractivity contribution >= 4 is 5.97 Å². The number of rotatable bonds is 6. The average molecular weight is 405 g/mol. The Morgan fingerprint density at radius 1 is 1.10 bits per heavy atom. The zero-order valence-electron chi connectivity index (χ0n) is 17.0. The minimum atomic E-state index is -0.592. The van der Waals surface area contributed by atoms with Gasteiger partial charge in [-0.25, -0.2) is 4.79 Å². The van der Waals surface area contributed by atoms with Crippen molar-refractivity contribution in [2.75, 3.05) is 13.7 Å². The first-order chi connectivity index (χ1) is 14.6. The molecule has 2 aromatic carbocycles. The largest absolute Gasteiger partial charge is 0.493 e. The number of benzene rings is 2. The van der Waals surface area contributed by atoms with E-state index in [1.54, 1.807) is 20.2 Å². The molecule has 0 saturated carbocycles. The lowest BCUT2D eigenvalue weighted by Gasteiger charge is -2.24. The van der Waals surface area contributed by atoms with E-state index in [-0.39, 0.29) is 17.6 Å². The number of esters is 1. The highest BCUT2D eigenvalue weighted by atomic mass is 16.5. The van der Waals surface area contributed by atoms with Gasteiger partial charge in [-0.2, -0.15) is 0 Å². The number of hydrogen-bond acceptors (Lipinski definition) is 5. The lowest BCUT2D eigenvalue weighted by molar-refractivity contribution is 0.0524. The van der Waals surface area contributed by atoms with Crippen molar-refractivity contribution in [2.45, 2.75) is 26.5 Å². The van der Waals surface area contributed by atoms with Gasteiger partial charge < -0.3 is 18.8 Å². The summed E-state index contributed by atoms with van der Waals surface area (Å²) in [5.74, 6) is 0.671. The second-order valence-electron chi connectivity index (χ2n) is 7.03. The van der Waals surface area contributed by atoms with Gasteiger partial charge in [0.2, 0.25) is 0 Å². The Bertz CT molecular complexity index is 1130. The number of ether oxygens (including phenoxy) is 3. The van der Waals surface area contributed by atoms with E-state index < -0.39 is 5.97 Å². The van der Waals surface area contributed by atoms with Gasteiger partial charge >= 0.3 is 5.97 Å². The molecule has 0 radical (unpaired) electrons. The van der Waals surface area contributed by atoms with Crippen LogP contribution in [0.15, 0.2) is 59.5 Å². The molecule has 4 rings (SSSR count). The zero-order chi connectivity index (χ0) is 21.1. The summed E-state index contributed by atoms with van der Waals surface area (Å²) in [5.41, 5.74) is 3.50. The molecule has 1 aromatic heterocycles. The average Bonchev–Trinajstić information content (AvgIpc) is 2.77. The number of aryl methyl sites for hydroxylation is 2. The summed E-state index contributed by atoms with van der Waals surface area (Å²) >= 11 is 0. The Morgan fingerprint density at radius 3 is 2.63 bits per heavy atom. The molecule has 6 nitrogen and oxygen atoms in total. The van der Waals surface area contributed by atoms with E-state index in [0.29, 0.717) is 24.7 Å². The third-order valence-electron chi connectivity index (χ3n) is 5.15. The number of fused-ring (bicyclic) bond motifs is 3. The monoisotopic (exact) mass is 405 g/mol. The van der Waals surface area contributed by atoms with Gasteiger partial charge in [-0.1, -0.05) is 30.3 Å². The first-order valence-electron chi connectivity index (χ1n) is 9.90. The summed E-state index contributed by atoms with van der Waals surface area (Å²) < 4.78 is 18.5. The summed E-state index contributed by atoms with van der Waals surface area (Å²) in [4.78, 5) is 24.6. The summed E-state index contributed by atoms with van der Waals surface area (Å²) in [5, 5.41) is 0. The third-order valence-corrected chi connectivity index (χ3v) is 5.15. The first kappa shape index (κ1) is 19.8. The molecule has 0 atom stereocenters. The smallest absolute Gasteiger partial charge is 0.343 e. The van der Waals surface area contributed by atoms with Crippen molar-refractivity contribution in [1.82, 2.24) is 4.57 Å². The maximum Gasteiger partial charge on any atom is 0.343 e. The molecule has 0 aliphatic carbocycles. The molecule has 1 aliphatic rings. The molecule has 0 N–H and O–H groups in total. The quantitative estimate of drug-likeness (QED) is 0.583. The molecule has 6 heteroatoms. The number of hydrogen-bond donors (Lipinski definition) is 0. The van der Waals surface area contributed by atoms with E-state index in [1.807, 2.05) is 47.0 Å². The van der Waals surface area contributed by atoms with Gasteiger partial charge in [0.1, 0.15) is 12.2 Å². The molecule has 3 aromatic rings. The predicted octanol–water partition coefficient (Wildman–Crippen LogP) is 3.84. The molecule has 1 aliphatic heterocycles. The van der Waals surface area contributed by atoms with Crippen LogP contribution in [0, 0.1) is 0 Å². The topological polar surface area (TPSA) is 66.8 Å². The van der Waals surface area contributed by atoms with Crippen LogP contribution < -0.4 is 14.9 Å². The fourth-order valence-electron chi connectivity index (χ4n) is 3.65. The predicted molar refractivity (Wildman–Crippen MR) is 113 cm³/mol. The Morgan fingerprint density at radius 2 is 1.90 bits per heavy atom. The number of pyridine rings is 1. The van der Waals surface area contributed by atoms with Gasteiger partial charge in [-0.3, -0.25) is 4.79 Å². The van der Waals surface area contributed by atoms with Gasteiger partial charge in [0.15, 0.2) is 16.9 Å². The van der Waals surface area contributed by atoms with Crippen LogP contribution in [-0.2, 0) is 24.3 Å². The number of aromatic nitrogens is 1. The maximum absolute atomic E-state index is 12.5. The van der Waals surface area contributed by atoms with Crippen molar-refractivity contribution in [2.24, 2.45) is 0 Å². The van der Waals surface area contributed by atoms with Crippen LogP contribution in [-0.4, -0.2) is 24.3 Å². The summed E-state index contributed by atoms with van der Waals surface area (Å²) in [6.45, 7) is 3.04. The third kappa shape index (κ3) is 3.81. The minimum Gasteiger partial charge on any atom is -0.493 e. The van der Waals surface area contributed by atoms with E-state index in [4.69, 9.17) is 14.2 Å². The second-order valence-corrected chi connectivity index (χ2v) is 7.03. The van der Waals surface area contributed by atoms with E-state index in [0.717, 1.165) is 28.8 Å². The van der Waals surface area contributed by atoms with Gasteiger partial charge in [0, 0.05) is 24.4 Å². The normalized spacial score (nSPS) is 11.9. The molecule has 154 valence electrons. The number of carbonyl (C=O) groups is 1. The minimum absolute atomic E-state index is 0.0545. The van der Waals surface area contributed by atoms with Crippen LogP contribution in [0.3, 0.4) is 0 Å². The van der Waals surface area contributed by atoms with Crippen LogP contribution >= 0.6 is 0 Å². The summed E-state index contributed by atoms with van der Waals surface area (Å²) in [7, 11) is 1.59. The van der Waals surface area contributed by atoms with Gasteiger partial charge in [0.25, 0.3) is 0 Å². The van der Waals surface area contributed by atoms with Crippen molar-refractivity contribution in [3.05, 3.63) is 81.6 Å². The van der Waals surface area contributed by atoms with Crippen LogP contribution in [0.2, 0.25) is 0 Å². The standard InChI is InChI=1S/C24H23NO5/c1-3-29-24(27)19-14-25-10-9-17-11-23(30-15-16-7-5-4-6-8-16)22(28-2)12-18(17)20(25)13-21(19)26/h4-8,11-14H,3,9-10,15H2,1-2H3. The molecule has 0 amide bonds. The fraction of sp³-hybridized carbons (Fsp3) is 0.250. The molecule has 0 fully saturated rings. The molecule has 2 heterocycles.